The maximum absolute atomic E-state index is 2.38. The van der Waals surface area contributed by atoms with Crippen LogP contribution in [-0.2, 0) is 0 Å². The van der Waals surface area contributed by atoms with Gasteiger partial charge in [-0.25, -0.2) is 0 Å². The summed E-state index contributed by atoms with van der Waals surface area (Å²) >= 11 is 0. The maximum Gasteiger partial charge on any atom is -0.0286 e. The highest BCUT2D eigenvalue weighted by Gasteiger charge is 2.33. The first-order chi connectivity index (χ1) is 11.8. The number of rotatable bonds is 6. The molecule has 2 unspecified atom stereocenters. The van der Waals surface area contributed by atoms with Crippen LogP contribution in [0.5, 0.6) is 0 Å². The van der Waals surface area contributed by atoms with Gasteiger partial charge in [-0.3, -0.25) is 0 Å². The fourth-order valence-corrected chi connectivity index (χ4v) is 6.38. The Bertz CT molecular complexity index is 356. The van der Waals surface area contributed by atoms with Gasteiger partial charge < -0.3 is 0 Å². The van der Waals surface area contributed by atoms with Gasteiger partial charge in [-0.1, -0.05) is 89.2 Å². The molecule has 3 fully saturated rings. The van der Waals surface area contributed by atoms with Crippen LogP contribution in [0.25, 0.3) is 0 Å². The lowest BCUT2D eigenvalue weighted by Gasteiger charge is -2.24. The molecule has 0 heteroatoms. The predicted molar refractivity (Wildman–Crippen MR) is 106 cm³/mol. The van der Waals surface area contributed by atoms with Crippen LogP contribution in [0.15, 0.2) is 11.1 Å². The summed E-state index contributed by atoms with van der Waals surface area (Å²) in [4.78, 5) is 0. The molecule has 0 bridgehead atoms. The van der Waals surface area contributed by atoms with E-state index in [1.807, 2.05) is 11.1 Å². The lowest BCUT2D eigenvalue weighted by Crippen LogP contribution is -2.13. The third-order valence-electron chi connectivity index (χ3n) is 7.66. The minimum atomic E-state index is 1.04. The Labute approximate surface area is 151 Å². The Balaban J connectivity index is 1.78. The van der Waals surface area contributed by atoms with E-state index in [-0.39, 0.29) is 0 Å². The van der Waals surface area contributed by atoms with E-state index in [1.165, 1.54) is 64.2 Å². The number of hydrogen-bond acceptors (Lipinski definition) is 0. The zero-order valence-electron chi connectivity index (χ0n) is 16.6. The van der Waals surface area contributed by atoms with Gasteiger partial charge in [-0.15, -0.1) is 0 Å². The maximum atomic E-state index is 2.38. The molecule has 3 rings (SSSR count). The second kappa shape index (κ2) is 9.44. The van der Waals surface area contributed by atoms with Crippen molar-refractivity contribution in [2.75, 3.05) is 0 Å². The summed E-state index contributed by atoms with van der Waals surface area (Å²) in [5.74, 6) is 4.23. The lowest BCUT2D eigenvalue weighted by molar-refractivity contribution is 0.276. The molecular formula is C24H42. The first kappa shape index (κ1) is 18.5. The molecule has 3 saturated carbocycles. The number of hydrogen-bond donors (Lipinski definition) is 0. The Morgan fingerprint density at radius 1 is 0.625 bits per heavy atom. The van der Waals surface area contributed by atoms with Crippen molar-refractivity contribution >= 4 is 0 Å². The van der Waals surface area contributed by atoms with E-state index < -0.39 is 0 Å². The third kappa shape index (κ3) is 4.67. The Morgan fingerprint density at radius 2 is 1.04 bits per heavy atom. The van der Waals surface area contributed by atoms with E-state index in [4.69, 9.17) is 0 Å². The van der Waals surface area contributed by atoms with Gasteiger partial charge in [-0.2, -0.15) is 0 Å². The first-order valence-electron chi connectivity index (χ1n) is 11.5. The van der Waals surface area contributed by atoms with Gasteiger partial charge in [0.15, 0.2) is 0 Å². The Hall–Kier alpha value is -0.260. The van der Waals surface area contributed by atoms with Crippen LogP contribution in [0.1, 0.15) is 117 Å². The topological polar surface area (TPSA) is 0 Å². The zero-order valence-corrected chi connectivity index (χ0v) is 16.6. The average molecular weight is 331 g/mol. The summed E-state index contributed by atoms with van der Waals surface area (Å²) in [5.41, 5.74) is 3.86. The molecule has 2 atom stereocenters. The molecule has 0 radical (unpaired) electrons. The molecule has 0 amide bonds. The molecule has 0 aromatic heterocycles. The van der Waals surface area contributed by atoms with Gasteiger partial charge in [0.05, 0.1) is 0 Å². The average Bonchev–Trinajstić information content (AvgIpc) is 3.26. The summed E-state index contributed by atoms with van der Waals surface area (Å²) in [7, 11) is 0. The fourth-order valence-electron chi connectivity index (χ4n) is 6.38. The predicted octanol–water partition coefficient (Wildman–Crippen LogP) is 8.07. The van der Waals surface area contributed by atoms with Crippen molar-refractivity contribution in [2.24, 2.45) is 23.7 Å². The molecule has 138 valence electrons. The molecule has 0 aliphatic heterocycles. The van der Waals surface area contributed by atoms with Crippen LogP contribution in [0.3, 0.4) is 0 Å². The van der Waals surface area contributed by atoms with Gasteiger partial charge in [0, 0.05) is 0 Å². The highest BCUT2D eigenvalue weighted by atomic mass is 14.4. The van der Waals surface area contributed by atoms with Crippen molar-refractivity contribution in [2.45, 2.75) is 117 Å². The Kier molecular flexibility index (Phi) is 7.29. The molecule has 0 saturated heterocycles. The van der Waals surface area contributed by atoms with Crippen LogP contribution in [-0.4, -0.2) is 0 Å². The summed E-state index contributed by atoms with van der Waals surface area (Å²) < 4.78 is 0. The van der Waals surface area contributed by atoms with E-state index in [2.05, 4.69) is 13.8 Å². The van der Waals surface area contributed by atoms with Crippen LogP contribution < -0.4 is 0 Å². The first-order valence-corrected chi connectivity index (χ1v) is 11.5. The number of allylic oxidation sites excluding steroid dienone is 2. The molecule has 0 spiro atoms. The van der Waals surface area contributed by atoms with Crippen LogP contribution in [0.2, 0.25) is 0 Å². The molecule has 0 heterocycles. The van der Waals surface area contributed by atoms with Crippen LogP contribution >= 0.6 is 0 Å². The second-order valence-corrected chi connectivity index (χ2v) is 9.30. The minimum Gasteiger partial charge on any atom is -0.0710 e. The van der Waals surface area contributed by atoms with E-state index in [0.29, 0.717) is 0 Å². The van der Waals surface area contributed by atoms with Crippen molar-refractivity contribution in [1.29, 1.82) is 0 Å². The highest BCUT2D eigenvalue weighted by molar-refractivity contribution is 5.17. The van der Waals surface area contributed by atoms with E-state index in [1.54, 1.807) is 38.5 Å². The van der Waals surface area contributed by atoms with Gasteiger partial charge in [0.25, 0.3) is 0 Å². The van der Waals surface area contributed by atoms with Gasteiger partial charge in [0.2, 0.25) is 0 Å². The van der Waals surface area contributed by atoms with Crippen LogP contribution in [0, 0.1) is 23.7 Å². The van der Waals surface area contributed by atoms with E-state index in [0.717, 1.165) is 23.7 Å². The van der Waals surface area contributed by atoms with Crippen molar-refractivity contribution in [3.05, 3.63) is 11.1 Å². The quantitative estimate of drug-likeness (QED) is 0.341. The molecule has 24 heavy (non-hydrogen) atoms. The summed E-state index contributed by atoms with van der Waals surface area (Å²) in [6.45, 7) is 4.77. The van der Waals surface area contributed by atoms with E-state index in [9.17, 15) is 0 Å². The lowest BCUT2D eigenvalue weighted by atomic mass is 9.82. The molecule has 3 aliphatic rings. The molecule has 0 N–H and O–H groups in total. The Morgan fingerprint density at radius 3 is 1.42 bits per heavy atom. The van der Waals surface area contributed by atoms with Crippen LogP contribution in [0.4, 0.5) is 0 Å². The van der Waals surface area contributed by atoms with Crippen molar-refractivity contribution in [3.8, 4) is 0 Å². The second-order valence-electron chi connectivity index (χ2n) is 9.30. The normalized spacial score (nSPS) is 30.0. The summed E-state index contributed by atoms with van der Waals surface area (Å²) in [6, 6.07) is 0. The SMILES string of the molecule is CCCC(CCC)=C1CC(C2CCCC2)CCC(C2CCCC2)C1. The minimum absolute atomic E-state index is 1.04. The molecule has 0 aromatic rings. The standard InChI is InChI=1S/C24H42/c1-3-9-19(10-4-2)24-17-22(20-11-5-6-12-20)15-16-23(18-24)21-13-7-8-14-21/h20-23H,3-18H2,1-2H3. The van der Waals surface area contributed by atoms with Crippen molar-refractivity contribution in [3.63, 3.8) is 0 Å². The van der Waals surface area contributed by atoms with Gasteiger partial charge in [0.1, 0.15) is 0 Å². The largest absolute Gasteiger partial charge is 0.0710 e. The third-order valence-corrected chi connectivity index (χ3v) is 7.66. The highest BCUT2D eigenvalue weighted by Crippen LogP contribution is 2.46. The van der Waals surface area contributed by atoms with E-state index >= 15 is 0 Å². The monoisotopic (exact) mass is 330 g/mol. The van der Waals surface area contributed by atoms with Crippen molar-refractivity contribution < 1.29 is 0 Å². The van der Waals surface area contributed by atoms with Gasteiger partial charge >= 0.3 is 0 Å². The molecule has 3 aliphatic carbocycles. The molecule has 0 nitrogen and oxygen atoms in total. The molecular weight excluding hydrogens is 288 g/mol. The summed E-state index contributed by atoms with van der Waals surface area (Å²) in [6.07, 6.45) is 23.8. The smallest absolute Gasteiger partial charge is 0.0286 e. The van der Waals surface area contributed by atoms with Crippen molar-refractivity contribution in [1.82, 2.24) is 0 Å². The molecule has 0 aromatic carbocycles. The summed E-state index contributed by atoms with van der Waals surface area (Å²) in [5, 5.41) is 0. The zero-order chi connectivity index (χ0) is 16.8. The van der Waals surface area contributed by atoms with Gasteiger partial charge in [-0.05, 0) is 62.2 Å². The fraction of sp³-hybridized carbons (Fsp3) is 0.917.